The molecule has 0 saturated heterocycles. The van der Waals surface area contributed by atoms with Gasteiger partial charge in [0.25, 0.3) is 0 Å². The number of nitrogens with two attached hydrogens (primary N) is 1. The highest BCUT2D eigenvalue weighted by Gasteiger charge is 2.40. The van der Waals surface area contributed by atoms with Crippen LogP contribution in [0.1, 0.15) is 13.3 Å². The van der Waals surface area contributed by atoms with E-state index < -0.39 is 31.0 Å². The van der Waals surface area contributed by atoms with Crippen molar-refractivity contribution in [3.63, 3.8) is 0 Å². The first-order valence-corrected chi connectivity index (χ1v) is 3.84. The highest BCUT2D eigenvalue weighted by molar-refractivity contribution is 5.69. The van der Waals surface area contributed by atoms with Crippen molar-refractivity contribution in [2.45, 2.75) is 19.5 Å². The molecular weight excluding hydrogens is 187 g/mol. The van der Waals surface area contributed by atoms with Crippen LogP contribution in [-0.4, -0.2) is 25.3 Å². The van der Waals surface area contributed by atoms with Gasteiger partial charge in [0.2, 0.25) is 0 Å². The van der Waals surface area contributed by atoms with Crippen LogP contribution in [0.25, 0.3) is 0 Å². The Morgan fingerprint density at radius 1 is 1.54 bits per heavy atom. The molecule has 0 aliphatic heterocycles. The van der Waals surface area contributed by atoms with Gasteiger partial charge in [0, 0.05) is 6.54 Å². The maximum Gasteiger partial charge on any atom is 0.393 e. The normalized spacial score (nSPS) is 13.9. The summed E-state index contributed by atoms with van der Waals surface area (Å²) in [5, 5.41) is 0. The lowest BCUT2D eigenvalue weighted by Crippen LogP contribution is -2.32. The minimum absolute atomic E-state index is 0.0774. The molecule has 6 heteroatoms. The molecule has 0 aromatic rings. The molecule has 2 N–H and O–H groups in total. The van der Waals surface area contributed by atoms with E-state index in [0.29, 0.717) is 0 Å². The fourth-order valence-corrected chi connectivity index (χ4v) is 0.754. The zero-order valence-electron chi connectivity index (χ0n) is 7.23. The van der Waals surface area contributed by atoms with Gasteiger partial charge in [0.15, 0.2) is 0 Å². The number of carbonyl (C=O) groups excluding carboxylic acids is 1. The standard InChI is InChI=1S/C7H12F3NO2/c1-2-13-6(12)3-5(4-11)7(8,9)10/h5H,2-4,11H2,1H3/t5-/m0/s1. The second kappa shape index (κ2) is 5.06. The van der Waals surface area contributed by atoms with Gasteiger partial charge in [-0.15, -0.1) is 0 Å². The van der Waals surface area contributed by atoms with Crippen molar-refractivity contribution in [1.82, 2.24) is 0 Å². The molecule has 0 spiro atoms. The van der Waals surface area contributed by atoms with Crippen LogP contribution in [0.15, 0.2) is 0 Å². The average molecular weight is 199 g/mol. The van der Waals surface area contributed by atoms with E-state index in [1.807, 2.05) is 0 Å². The van der Waals surface area contributed by atoms with Crippen LogP contribution in [0.2, 0.25) is 0 Å². The highest BCUT2D eigenvalue weighted by Crippen LogP contribution is 2.28. The quantitative estimate of drug-likeness (QED) is 0.689. The molecule has 0 aromatic carbocycles. The molecule has 0 aliphatic rings. The van der Waals surface area contributed by atoms with E-state index in [-0.39, 0.29) is 6.61 Å². The van der Waals surface area contributed by atoms with Gasteiger partial charge in [0.1, 0.15) is 0 Å². The zero-order valence-corrected chi connectivity index (χ0v) is 7.23. The number of hydrogen-bond acceptors (Lipinski definition) is 3. The Labute approximate surface area is 74.0 Å². The Morgan fingerprint density at radius 2 is 2.08 bits per heavy atom. The predicted octanol–water partition coefficient (Wildman–Crippen LogP) is 1.08. The summed E-state index contributed by atoms with van der Waals surface area (Å²) < 4.78 is 40.5. The molecule has 0 amide bonds. The fourth-order valence-electron chi connectivity index (χ4n) is 0.754. The van der Waals surface area contributed by atoms with E-state index in [4.69, 9.17) is 5.73 Å². The van der Waals surface area contributed by atoms with Crippen molar-refractivity contribution in [2.24, 2.45) is 11.7 Å². The van der Waals surface area contributed by atoms with Gasteiger partial charge in [0.05, 0.1) is 18.9 Å². The molecule has 0 saturated carbocycles. The van der Waals surface area contributed by atoms with Crippen LogP contribution in [0, 0.1) is 5.92 Å². The van der Waals surface area contributed by atoms with Crippen molar-refractivity contribution < 1.29 is 22.7 Å². The zero-order chi connectivity index (χ0) is 10.5. The van der Waals surface area contributed by atoms with Gasteiger partial charge >= 0.3 is 12.1 Å². The summed E-state index contributed by atoms with van der Waals surface area (Å²) in [5.41, 5.74) is 4.88. The minimum atomic E-state index is -4.43. The molecule has 13 heavy (non-hydrogen) atoms. The average Bonchev–Trinajstić information content (AvgIpc) is 1.98. The summed E-state index contributed by atoms with van der Waals surface area (Å²) in [7, 11) is 0. The molecule has 78 valence electrons. The fraction of sp³-hybridized carbons (Fsp3) is 0.857. The van der Waals surface area contributed by atoms with E-state index in [9.17, 15) is 18.0 Å². The third kappa shape index (κ3) is 4.72. The lowest BCUT2D eigenvalue weighted by Gasteiger charge is -2.16. The Bertz CT molecular complexity index is 170. The summed E-state index contributed by atoms with van der Waals surface area (Å²) in [5.74, 6) is -2.66. The molecule has 0 heterocycles. The van der Waals surface area contributed by atoms with Crippen molar-refractivity contribution in [1.29, 1.82) is 0 Å². The highest BCUT2D eigenvalue weighted by atomic mass is 19.4. The molecule has 1 atom stereocenters. The summed E-state index contributed by atoms with van der Waals surface area (Å²) in [4.78, 5) is 10.7. The molecule has 0 aromatic heterocycles. The smallest absolute Gasteiger partial charge is 0.393 e. The predicted molar refractivity (Wildman–Crippen MR) is 39.8 cm³/mol. The first-order valence-electron chi connectivity index (χ1n) is 3.84. The molecule has 0 bridgehead atoms. The number of carbonyl (C=O) groups is 1. The van der Waals surface area contributed by atoms with Crippen molar-refractivity contribution in [2.75, 3.05) is 13.2 Å². The molecule has 3 nitrogen and oxygen atoms in total. The van der Waals surface area contributed by atoms with E-state index in [1.165, 1.54) is 6.92 Å². The van der Waals surface area contributed by atoms with Crippen LogP contribution >= 0.6 is 0 Å². The molecule has 0 rings (SSSR count). The third-order valence-corrected chi connectivity index (χ3v) is 1.47. The van der Waals surface area contributed by atoms with Gasteiger partial charge in [-0.1, -0.05) is 0 Å². The van der Waals surface area contributed by atoms with E-state index in [2.05, 4.69) is 4.74 Å². The minimum Gasteiger partial charge on any atom is -0.466 e. The molecule has 0 unspecified atom stereocenters. The summed E-state index contributed by atoms with van der Waals surface area (Å²) in [6.45, 7) is 1.01. The molecule has 0 fully saturated rings. The molecule has 0 aliphatic carbocycles. The monoisotopic (exact) mass is 199 g/mol. The lowest BCUT2D eigenvalue weighted by atomic mass is 10.1. The molecular formula is C7H12F3NO2. The summed E-state index contributed by atoms with van der Waals surface area (Å²) >= 11 is 0. The van der Waals surface area contributed by atoms with Crippen LogP contribution < -0.4 is 5.73 Å². The van der Waals surface area contributed by atoms with Crippen molar-refractivity contribution >= 4 is 5.97 Å². The number of rotatable bonds is 4. The number of esters is 1. The maximum absolute atomic E-state index is 12.0. The Balaban J connectivity index is 4.06. The Hall–Kier alpha value is -0.780. The Morgan fingerprint density at radius 3 is 2.38 bits per heavy atom. The lowest BCUT2D eigenvalue weighted by molar-refractivity contribution is -0.182. The largest absolute Gasteiger partial charge is 0.466 e. The van der Waals surface area contributed by atoms with Crippen LogP contribution in [0.4, 0.5) is 13.2 Å². The van der Waals surface area contributed by atoms with Crippen LogP contribution in [0.3, 0.4) is 0 Å². The van der Waals surface area contributed by atoms with E-state index >= 15 is 0 Å². The van der Waals surface area contributed by atoms with Crippen LogP contribution in [0.5, 0.6) is 0 Å². The number of halogens is 3. The maximum atomic E-state index is 12.0. The SMILES string of the molecule is CCOC(=O)C[C@@H](CN)C(F)(F)F. The van der Waals surface area contributed by atoms with Gasteiger partial charge < -0.3 is 10.5 Å². The second-order valence-electron chi connectivity index (χ2n) is 2.48. The van der Waals surface area contributed by atoms with Crippen molar-refractivity contribution in [3.8, 4) is 0 Å². The van der Waals surface area contributed by atoms with Gasteiger partial charge in [-0.3, -0.25) is 4.79 Å². The van der Waals surface area contributed by atoms with Gasteiger partial charge in [-0.25, -0.2) is 0 Å². The number of hydrogen-bond donors (Lipinski definition) is 1. The molecule has 0 radical (unpaired) electrons. The van der Waals surface area contributed by atoms with Gasteiger partial charge in [-0.2, -0.15) is 13.2 Å². The van der Waals surface area contributed by atoms with Crippen molar-refractivity contribution in [3.05, 3.63) is 0 Å². The summed E-state index contributed by atoms with van der Waals surface area (Å²) in [6, 6.07) is 0. The van der Waals surface area contributed by atoms with E-state index in [1.54, 1.807) is 0 Å². The topological polar surface area (TPSA) is 52.3 Å². The number of ether oxygens (including phenoxy) is 1. The first kappa shape index (κ1) is 12.2. The number of alkyl halides is 3. The van der Waals surface area contributed by atoms with Gasteiger partial charge in [-0.05, 0) is 6.92 Å². The van der Waals surface area contributed by atoms with Crippen LogP contribution in [-0.2, 0) is 9.53 Å². The third-order valence-electron chi connectivity index (χ3n) is 1.47. The first-order chi connectivity index (χ1) is 5.91. The Kier molecular flexibility index (Phi) is 4.76. The second-order valence-corrected chi connectivity index (χ2v) is 2.48. The summed E-state index contributed by atoms with van der Waals surface area (Å²) in [6.07, 6.45) is -5.13. The van der Waals surface area contributed by atoms with E-state index in [0.717, 1.165) is 0 Å².